The summed E-state index contributed by atoms with van der Waals surface area (Å²) in [6.07, 6.45) is 1.15. The number of nitrogens with zero attached hydrogens (tertiary/aromatic N) is 1. The molecule has 1 aromatic rings. The van der Waals surface area contributed by atoms with Gasteiger partial charge in [0.15, 0.2) is 0 Å². The molecule has 1 aliphatic rings. The van der Waals surface area contributed by atoms with Crippen LogP contribution in [-0.2, 0) is 21.2 Å². The number of nitrogens with one attached hydrogen (secondary N) is 1. The average Bonchev–Trinajstić information content (AvgIpc) is 2.91. The summed E-state index contributed by atoms with van der Waals surface area (Å²) in [5.41, 5.74) is 1.21. The van der Waals surface area contributed by atoms with Crippen LogP contribution in [0.4, 0.5) is 0 Å². The first-order valence-electron chi connectivity index (χ1n) is 7.70. The van der Waals surface area contributed by atoms with E-state index >= 15 is 0 Å². The third-order valence-corrected chi connectivity index (χ3v) is 6.25. The van der Waals surface area contributed by atoms with Crippen molar-refractivity contribution in [3.05, 3.63) is 35.9 Å². The maximum atomic E-state index is 12.4. The first-order valence-corrected chi connectivity index (χ1v) is 9.25. The van der Waals surface area contributed by atoms with Crippen LogP contribution in [0, 0.1) is 0 Å². The number of hydrogen-bond donors (Lipinski definition) is 1. The molecule has 1 saturated heterocycles. The maximum Gasteiger partial charge on any atom is 0.217 e. The molecule has 2 rings (SSSR count). The molecule has 1 aromatic carbocycles. The average molecular weight is 326 g/mol. The van der Waals surface area contributed by atoms with Gasteiger partial charge in [-0.3, -0.25) is 0 Å². The summed E-state index contributed by atoms with van der Waals surface area (Å²) in [4.78, 5) is 2.06. The summed E-state index contributed by atoms with van der Waals surface area (Å²) in [6, 6.07) is 10.2. The normalized spacial score (nSPS) is 23.8. The minimum Gasteiger partial charge on any atom is -0.377 e. The van der Waals surface area contributed by atoms with E-state index in [2.05, 4.69) is 21.8 Å². The Hall–Kier alpha value is -0.950. The monoisotopic (exact) mass is 326 g/mol. The minimum absolute atomic E-state index is 0.120. The molecule has 0 saturated carbocycles. The van der Waals surface area contributed by atoms with Gasteiger partial charge < -0.3 is 9.64 Å². The molecule has 0 amide bonds. The highest BCUT2D eigenvalue weighted by Crippen LogP contribution is 2.20. The Morgan fingerprint density at radius 1 is 1.32 bits per heavy atom. The number of sulfonamides is 1. The van der Waals surface area contributed by atoms with Crippen molar-refractivity contribution in [3.8, 4) is 0 Å². The Morgan fingerprint density at radius 3 is 2.55 bits per heavy atom. The molecule has 1 N–H and O–H groups in total. The number of hydrogen-bond acceptors (Lipinski definition) is 4. The molecule has 0 spiro atoms. The molecule has 0 aromatic heterocycles. The molecule has 6 heteroatoms. The minimum atomic E-state index is -3.33. The zero-order valence-electron chi connectivity index (χ0n) is 13.5. The van der Waals surface area contributed by atoms with E-state index in [9.17, 15) is 8.42 Å². The maximum absolute atomic E-state index is 12.4. The molecule has 1 heterocycles. The fourth-order valence-corrected chi connectivity index (χ4v) is 4.39. The van der Waals surface area contributed by atoms with Crippen LogP contribution in [0.3, 0.4) is 0 Å². The molecule has 0 bridgehead atoms. The first-order chi connectivity index (χ1) is 10.4. The predicted octanol–water partition coefficient (Wildman–Crippen LogP) is 1.26. The van der Waals surface area contributed by atoms with E-state index in [1.807, 2.05) is 39.2 Å². The highest BCUT2D eigenvalue weighted by Gasteiger charge is 2.35. The Kier molecular flexibility index (Phi) is 5.97. The van der Waals surface area contributed by atoms with Crippen molar-refractivity contribution < 1.29 is 13.2 Å². The highest BCUT2D eigenvalue weighted by atomic mass is 32.2. The number of rotatable bonds is 7. The van der Waals surface area contributed by atoms with Gasteiger partial charge >= 0.3 is 0 Å². The quantitative estimate of drug-likeness (QED) is 0.819. The van der Waals surface area contributed by atoms with E-state index in [0.29, 0.717) is 19.6 Å². The third kappa shape index (κ3) is 4.52. The van der Waals surface area contributed by atoms with Gasteiger partial charge in [0.1, 0.15) is 5.25 Å². The first kappa shape index (κ1) is 17.4. The zero-order chi connectivity index (χ0) is 16.2. The van der Waals surface area contributed by atoms with Crippen LogP contribution in [0.1, 0.15) is 18.9 Å². The topological polar surface area (TPSA) is 58.6 Å². The number of benzene rings is 1. The molecule has 0 radical (unpaired) electrons. The lowest BCUT2D eigenvalue weighted by molar-refractivity contribution is 0.126. The predicted molar refractivity (Wildman–Crippen MR) is 88.4 cm³/mol. The summed E-state index contributed by atoms with van der Waals surface area (Å²) in [5, 5.41) is -0.438. The van der Waals surface area contributed by atoms with Crippen molar-refractivity contribution in [3.63, 3.8) is 0 Å². The van der Waals surface area contributed by atoms with Gasteiger partial charge in [0.05, 0.1) is 6.10 Å². The molecule has 124 valence electrons. The van der Waals surface area contributed by atoms with Crippen LogP contribution >= 0.6 is 0 Å². The Bertz CT molecular complexity index is 560. The van der Waals surface area contributed by atoms with Crippen molar-refractivity contribution in [2.75, 3.05) is 27.2 Å². The second-order valence-electron chi connectivity index (χ2n) is 6.10. The lowest BCUT2D eigenvalue weighted by Crippen LogP contribution is -2.45. The van der Waals surface area contributed by atoms with Gasteiger partial charge in [-0.05, 0) is 39.4 Å². The molecule has 0 aliphatic carbocycles. The second-order valence-corrected chi connectivity index (χ2v) is 8.09. The Balaban J connectivity index is 1.97. The Morgan fingerprint density at radius 2 is 2.00 bits per heavy atom. The van der Waals surface area contributed by atoms with Crippen LogP contribution in [0.5, 0.6) is 0 Å². The molecular weight excluding hydrogens is 300 g/mol. The summed E-state index contributed by atoms with van der Waals surface area (Å²) < 4.78 is 33.0. The van der Waals surface area contributed by atoms with Crippen molar-refractivity contribution in [1.29, 1.82) is 0 Å². The van der Waals surface area contributed by atoms with E-state index in [4.69, 9.17) is 4.74 Å². The van der Waals surface area contributed by atoms with E-state index in [0.717, 1.165) is 6.42 Å². The van der Waals surface area contributed by atoms with E-state index in [1.54, 1.807) is 0 Å². The van der Waals surface area contributed by atoms with Crippen molar-refractivity contribution in [2.24, 2.45) is 0 Å². The van der Waals surface area contributed by atoms with Gasteiger partial charge in [-0.2, -0.15) is 0 Å². The Labute approximate surface area is 133 Å². The molecule has 3 atom stereocenters. The number of likely N-dealkylation sites (N-methyl/N-ethyl adjacent to an activating group) is 1. The molecular formula is C16H26N2O3S. The lowest BCUT2D eigenvalue weighted by Gasteiger charge is -2.26. The smallest absolute Gasteiger partial charge is 0.217 e. The molecule has 1 aliphatic heterocycles. The SMILES string of the molecule is CC1OCCC1S(=O)(=O)NCC(Cc1ccccc1)N(C)C. The van der Waals surface area contributed by atoms with Gasteiger partial charge in [0, 0.05) is 19.2 Å². The van der Waals surface area contributed by atoms with Crippen LogP contribution in [0.15, 0.2) is 30.3 Å². The van der Waals surface area contributed by atoms with Gasteiger partial charge in [0.2, 0.25) is 10.0 Å². The third-order valence-electron chi connectivity index (χ3n) is 4.27. The standard InChI is InChI=1S/C16H26N2O3S/c1-13-16(9-10-21-13)22(19,20)17-12-15(18(2)3)11-14-7-5-4-6-8-14/h4-8,13,15-17H,9-12H2,1-3H3. The molecule has 3 unspecified atom stereocenters. The van der Waals surface area contributed by atoms with Gasteiger partial charge in [-0.25, -0.2) is 13.1 Å². The lowest BCUT2D eigenvalue weighted by atomic mass is 10.1. The van der Waals surface area contributed by atoms with Crippen molar-refractivity contribution in [2.45, 2.75) is 37.2 Å². The molecule has 5 nitrogen and oxygen atoms in total. The fraction of sp³-hybridized carbons (Fsp3) is 0.625. The molecule has 1 fully saturated rings. The van der Waals surface area contributed by atoms with Crippen molar-refractivity contribution >= 4 is 10.0 Å². The fourth-order valence-electron chi connectivity index (χ4n) is 2.76. The van der Waals surface area contributed by atoms with Crippen LogP contribution < -0.4 is 4.72 Å². The van der Waals surface area contributed by atoms with Crippen LogP contribution in [-0.4, -0.2) is 58.0 Å². The summed E-state index contributed by atoms with van der Waals surface area (Å²) >= 11 is 0. The van der Waals surface area contributed by atoms with Crippen LogP contribution in [0.25, 0.3) is 0 Å². The largest absolute Gasteiger partial charge is 0.377 e. The summed E-state index contributed by atoms with van der Waals surface area (Å²) in [7, 11) is 0.619. The van der Waals surface area contributed by atoms with Gasteiger partial charge in [0.25, 0.3) is 0 Å². The summed E-state index contributed by atoms with van der Waals surface area (Å²) in [6.45, 7) is 2.76. The number of ether oxygens (including phenoxy) is 1. The van der Waals surface area contributed by atoms with E-state index in [-0.39, 0.29) is 12.1 Å². The van der Waals surface area contributed by atoms with Gasteiger partial charge in [-0.15, -0.1) is 0 Å². The van der Waals surface area contributed by atoms with E-state index in [1.165, 1.54) is 5.56 Å². The van der Waals surface area contributed by atoms with E-state index < -0.39 is 15.3 Å². The second kappa shape index (κ2) is 7.55. The van der Waals surface area contributed by atoms with Gasteiger partial charge in [-0.1, -0.05) is 30.3 Å². The highest BCUT2D eigenvalue weighted by molar-refractivity contribution is 7.90. The van der Waals surface area contributed by atoms with Crippen molar-refractivity contribution in [1.82, 2.24) is 9.62 Å². The zero-order valence-corrected chi connectivity index (χ0v) is 14.3. The molecule has 22 heavy (non-hydrogen) atoms. The summed E-state index contributed by atoms with van der Waals surface area (Å²) in [5.74, 6) is 0. The van der Waals surface area contributed by atoms with Crippen LogP contribution in [0.2, 0.25) is 0 Å².